The number of para-hydroxylation sites is 1. The Kier molecular flexibility index (Phi) is 5.60. The summed E-state index contributed by atoms with van der Waals surface area (Å²) in [5.74, 6) is 1.09. The van der Waals surface area contributed by atoms with E-state index < -0.39 is 18.4 Å². The number of esters is 1. The van der Waals surface area contributed by atoms with E-state index in [0.717, 1.165) is 15.9 Å². The second-order valence-electron chi connectivity index (χ2n) is 9.53. The van der Waals surface area contributed by atoms with Crippen LogP contribution in [0.3, 0.4) is 0 Å². The summed E-state index contributed by atoms with van der Waals surface area (Å²) in [6.07, 6.45) is 0. The zero-order chi connectivity index (χ0) is 26.4. The molecule has 2 aliphatic heterocycles. The van der Waals surface area contributed by atoms with Crippen LogP contribution in [0.15, 0.2) is 127 Å². The number of likely N-dealkylation sites (N-methyl/N-ethyl adjacent to an activating group) is 1. The van der Waals surface area contributed by atoms with Gasteiger partial charge in [0.05, 0.1) is 0 Å². The van der Waals surface area contributed by atoms with Gasteiger partial charge in [-0.3, -0.25) is 0 Å². The van der Waals surface area contributed by atoms with Gasteiger partial charge in [0.25, 0.3) is 0 Å². The first kappa shape index (κ1) is 24.3. The van der Waals surface area contributed by atoms with Crippen molar-refractivity contribution in [2.75, 3.05) is 18.6 Å². The zero-order valence-electron chi connectivity index (χ0n) is 21.3. The number of ether oxygens (including phenoxy) is 1. The summed E-state index contributed by atoms with van der Waals surface area (Å²) in [7, 11) is 1.73. The monoisotopic (exact) mass is 521 g/mol. The Balaban J connectivity index is 1.83. The number of amides is 1. The first-order chi connectivity index (χ1) is 18.5. The Labute approximate surface area is 222 Å². The number of hydrogen-bond acceptors (Lipinski definition) is 4. The summed E-state index contributed by atoms with van der Waals surface area (Å²) in [5, 5.41) is 2.69. The van der Waals surface area contributed by atoms with Crippen molar-refractivity contribution in [3.05, 3.63) is 132 Å². The summed E-state index contributed by atoms with van der Waals surface area (Å²) in [6.45, 7) is -2.14. The third-order valence-corrected chi connectivity index (χ3v) is 13.0. The fourth-order valence-corrected chi connectivity index (χ4v) is 11.6. The molecule has 1 atom stereocenters. The van der Waals surface area contributed by atoms with Crippen LogP contribution in [0.25, 0.3) is 0 Å². The third-order valence-electron chi connectivity index (χ3n) is 7.63. The SMILES string of the molecule is CCOC(=O)C1=CP(c2ccccc2)(c2ccccc2)(c2ccccc2)OC12C(=O)N(C)c1ccccc12. The molecule has 6 rings (SSSR count). The molecule has 0 N–H and O–H groups in total. The minimum absolute atomic E-state index is 0.176. The van der Waals surface area contributed by atoms with Crippen LogP contribution in [-0.4, -0.2) is 25.5 Å². The number of carbonyl (C=O) groups is 2. The van der Waals surface area contributed by atoms with Gasteiger partial charge in [0.2, 0.25) is 0 Å². The molecule has 4 aromatic rings. The van der Waals surface area contributed by atoms with E-state index >= 15 is 0 Å². The number of anilines is 1. The van der Waals surface area contributed by atoms with Crippen molar-refractivity contribution in [1.29, 1.82) is 0 Å². The Morgan fingerprint density at radius 2 is 1.26 bits per heavy atom. The topological polar surface area (TPSA) is 55.8 Å². The van der Waals surface area contributed by atoms with Crippen LogP contribution in [0.1, 0.15) is 12.5 Å². The molecule has 1 amide bonds. The first-order valence-corrected chi connectivity index (χ1v) is 14.9. The molecule has 0 bridgehead atoms. The molecule has 2 heterocycles. The second-order valence-corrected chi connectivity index (χ2v) is 13.7. The van der Waals surface area contributed by atoms with Gasteiger partial charge < -0.3 is 0 Å². The molecule has 0 aromatic heterocycles. The molecule has 5 nitrogen and oxygen atoms in total. The minimum atomic E-state index is -4.09. The van der Waals surface area contributed by atoms with Gasteiger partial charge >= 0.3 is 222 Å². The molecule has 1 unspecified atom stereocenters. The number of carbonyl (C=O) groups excluding carboxylic acids is 2. The van der Waals surface area contributed by atoms with Crippen LogP contribution in [-0.2, 0) is 24.5 Å². The number of hydrogen-bond donors (Lipinski definition) is 0. The van der Waals surface area contributed by atoms with E-state index in [-0.39, 0.29) is 18.1 Å². The maximum absolute atomic E-state index is 14.4. The molecule has 6 heteroatoms. The van der Waals surface area contributed by atoms with Gasteiger partial charge in [0, 0.05) is 0 Å². The van der Waals surface area contributed by atoms with Crippen molar-refractivity contribution in [3.63, 3.8) is 0 Å². The normalized spacial score (nSPS) is 21.8. The number of benzene rings is 4. The fourth-order valence-electron chi connectivity index (χ4n) is 5.98. The van der Waals surface area contributed by atoms with Crippen LogP contribution in [0.4, 0.5) is 5.69 Å². The van der Waals surface area contributed by atoms with Crippen LogP contribution in [0, 0.1) is 0 Å². The predicted octanol–water partition coefficient (Wildman–Crippen LogP) is 4.78. The van der Waals surface area contributed by atoms with Crippen LogP contribution in [0.5, 0.6) is 0 Å². The summed E-state index contributed by atoms with van der Waals surface area (Å²) in [5.41, 5.74) is -0.103. The first-order valence-electron chi connectivity index (χ1n) is 12.7. The van der Waals surface area contributed by atoms with E-state index in [1.54, 1.807) is 18.9 Å². The quantitative estimate of drug-likeness (QED) is 0.280. The Bertz CT molecular complexity index is 1470. The van der Waals surface area contributed by atoms with Gasteiger partial charge in [-0.05, 0) is 0 Å². The molecule has 0 radical (unpaired) electrons. The van der Waals surface area contributed by atoms with E-state index in [2.05, 4.69) is 0 Å². The van der Waals surface area contributed by atoms with Crippen molar-refractivity contribution >= 4 is 40.3 Å². The average molecular weight is 522 g/mol. The van der Waals surface area contributed by atoms with Crippen LogP contribution < -0.4 is 20.8 Å². The molecule has 1 spiro atoms. The Hall–Kier alpha value is -4.05. The summed E-state index contributed by atoms with van der Waals surface area (Å²) in [6, 6.07) is 37.4. The molecule has 0 fully saturated rings. The molecule has 2 aliphatic rings. The zero-order valence-corrected chi connectivity index (χ0v) is 22.2. The predicted molar refractivity (Wildman–Crippen MR) is 152 cm³/mol. The number of nitrogens with zero attached hydrogens (tertiary/aromatic N) is 1. The van der Waals surface area contributed by atoms with Crippen molar-refractivity contribution in [1.82, 2.24) is 0 Å². The van der Waals surface area contributed by atoms with Gasteiger partial charge in [-0.15, -0.1) is 0 Å². The van der Waals surface area contributed by atoms with Gasteiger partial charge in [-0.2, -0.15) is 0 Å². The Morgan fingerprint density at radius 3 is 1.76 bits per heavy atom. The van der Waals surface area contributed by atoms with Gasteiger partial charge in [-0.25, -0.2) is 0 Å². The van der Waals surface area contributed by atoms with E-state index in [1.807, 2.05) is 121 Å². The molecular formula is C32H28NO4P. The van der Waals surface area contributed by atoms with Crippen molar-refractivity contribution in [3.8, 4) is 0 Å². The fraction of sp³-hybridized carbons (Fsp3) is 0.125. The third kappa shape index (κ3) is 3.00. The molecule has 0 aliphatic carbocycles. The number of rotatable bonds is 5. The van der Waals surface area contributed by atoms with E-state index in [1.165, 1.54) is 0 Å². The van der Waals surface area contributed by atoms with Crippen molar-refractivity contribution < 1.29 is 18.8 Å². The molecule has 190 valence electrons. The van der Waals surface area contributed by atoms with E-state index in [4.69, 9.17) is 9.26 Å². The summed E-state index contributed by atoms with van der Waals surface area (Å²) in [4.78, 5) is 29.9. The standard InChI is InChI=1S/C32H28NO4P/c1-3-36-30(34)28-23-38(24-15-7-4-8-16-24,25-17-9-5-10-18-25,26-19-11-6-12-20-26)37-32(28)27-21-13-14-22-29(27)33(2)31(32)35/h4-23H,3H2,1-2H3. The molecular weight excluding hydrogens is 493 g/mol. The van der Waals surface area contributed by atoms with Crippen LogP contribution in [0.2, 0.25) is 0 Å². The Morgan fingerprint density at radius 1 is 0.789 bits per heavy atom. The molecule has 4 aromatic carbocycles. The van der Waals surface area contributed by atoms with Gasteiger partial charge in [0.1, 0.15) is 0 Å². The molecule has 38 heavy (non-hydrogen) atoms. The van der Waals surface area contributed by atoms with Gasteiger partial charge in [0.15, 0.2) is 0 Å². The van der Waals surface area contributed by atoms with Gasteiger partial charge in [-0.1, -0.05) is 0 Å². The molecule has 0 saturated carbocycles. The van der Waals surface area contributed by atoms with Crippen molar-refractivity contribution in [2.45, 2.75) is 12.5 Å². The molecule has 0 saturated heterocycles. The van der Waals surface area contributed by atoms with Crippen molar-refractivity contribution in [2.24, 2.45) is 0 Å². The number of fused-ring (bicyclic) bond motifs is 2. The summed E-state index contributed by atoms with van der Waals surface area (Å²) < 4.78 is 13.2. The van der Waals surface area contributed by atoms with Crippen LogP contribution >= 0.6 is 6.83 Å². The maximum atomic E-state index is 14.4. The van der Waals surface area contributed by atoms with E-state index in [9.17, 15) is 9.59 Å². The summed E-state index contributed by atoms with van der Waals surface area (Å²) >= 11 is 0. The average Bonchev–Trinajstić information content (AvgIpc) is 3.43. The second kappa shape index (κ2) is 8.76. The van der Waals surface area contributed by atoms with E-state index in [0.29, 0.717) is 11.3 Å².